The van der Waals surface area contributed by atoms with Gasteiger partial charge in [-0.3, -0.25) is 19.3 Å². The van der Waals surface area contributed by atoms with Crippen LogP contribution < -0.4 is 5.73 Å². The van der Waals surface area contributed by atoms with Gasteiger partial charge in [0.05, 0.1) is 16.1 Å². The minimum Gasteiger partial charge on any atom is -0.363 e. The zero-order valence-corrected chi connectivity index (χ0v) is 19.0. The van der Waals surface area contributed by atoms with Crippen LogP contribution in [0.5, 0.6) is 0 Å². The van der Waals surface area contributed by atoms with Gasteiger partial charge >= 0.3 is 0 Å². The SMILES string of the molecule is C[C@@H]1CN(Cc2ccc(F)cc2)[C@@H](C)CN1C(=O)c1cc2c(C(=O)C(N)=O)c[nH]c2cc1Cl. The molecule has 1 saturated heterocycles. The summed E-state index contributed by atoms with van der Waals surface area (Å²) >= 11 is 6.42. The van der Waals surface area contributed by atoms with Crippen LogP contribution in [0.2, 0.25) is 5.02 Å². The number of primary amides is 1. The van der Waals surface area contributed by atoms with Gasteiger partial charge in [0.1, 0.15) is 5.82 Å². The minimum absolute atomic E-state index is 0.0666. The fourth-order valence-corrected chi connectivity index (χ4v) is 4.55. The van der Waals surface area contributed by atoms with Crippen molar-refractivity contribution in [3.63, 3.8) is 0 Å². The molecular weight excluding hydrogens is 447 g/mol. The number of carbonyl (C=O) groups excluding carboxylic acids is 3. The fourth-order valence-electron chi connectivity index (χ4n) is 4.31. The molecule has 0 aliphatic carbocycles. The molecule has 1 aromatic heterocycles. The van der Waals surface area contributed by atoms with Crippen LogP contribution in [0.4, 0.5) is 4.39 Å². The van der Waals surface area contributed by atoms with E-state index in [0.29, 0.717) is 30.5 Å². The van der Waals surface area contributed by atoms with Gasteiger partial charge in [0.15, 0.2) is 0 Å². The van der Waals surface area contributed by atoms with Crippen LogP contribution in [-0.4, -0.2) is 57.6 Å². The number of halogens is 2. The molecule has 9 heteroatoms. The van der Waals surface area contributed by atoms with E-state index in [1.165, 1.54) is 24.4 Å². The first-order valence-corrected chi connectivity index (χ1v) is 11.0. The van der Waals surface area contributed by atoms with E-state index in [4.69, 9.17) is 17.3 Å². The number of ketones is 1. The van der Waals surface area contributed by atoms with Gasteiger partial charge in [0, 0.05) is 48.8 Å². The molecule has 2 aromatic carbocycles. The van der Waals surface area contributed by atoms with Crippen molar-refractivity contribution in [2.24, 2.45) is 5.73 Å². The second-order valence-corrected chi connectivity index (χ2v) is 8.89. The molecule has 0 radical (unpaired) electrons. The maximum Gasteiger partial charge on any atom is 0.289 e. The van der Waals surface area contributed by atoms with Crippen molar-refractivity contribution in [2.45, 2.75) is 32.5 Å². The van der Waals surface area contributed by atoms with Gasteiger partial charge < -0.3 is 15.6 Å². The summed E-state index contributed by atoms with van der Waals surface area (Å²) in [6.07, 6.45) is 1.39. The zero-order chi connectivity index (χ0) is 23.9. The summed E-state index contributed by atoms with van der Waals surface area (Å²) in [6.45, 7) is 5.78. The molecule has 1 aliphatic rings. The van der Waals surface area contributed by atoms with Crippen molar-refractivity contribution < 1.29 is 18.8 Å². The Morgan fingerprint density at radius 3 is 2.45 bits per heavy atom. The Morgan fingerprint density at radius 1 is 1.09 bits per heavy atom. The molecule has 33 heavy (non-hydrogen) atoms. The van der Waals surface area contributed by atoms with E-state index in [1.54, 1.807) is 23.1 Å². The van der Waals surface area contributed by atoms with Crippen LogP contribution in [0, 0.1) is 5.82 Å². The average Bonchev–Trinajstić information content (AvgIpc) is 3.18. The second-order valence-electron chi connectivity index (χ2n) is 8.48. The minimum atomic E-state index is -1.07. The first kappa shape index (κ1) is 22.9. The van der Waals surface area contributed by atoms with Crippen LogP contribution in [0.1, 0.15) is 40.1 Å². The molecule has 0 bridgehead atoms. The number of hydrogen-bond acceptors (Lipinski definition) is 4. The lowest BCUT2D eigenvalue weighted by Gasteiger charge is -2.44. The van der Waals surface area contributed by atoms with Crippen molar-refractivity contribution in [3.05, 3.63) is 70.1 Å². The number of nitrogens with two attached hydrogens (primary N) is 1. The quantitative estimate of drug-likeness (QED) is 0.441. The predicted molar refractivity (Wildman–Crippen MR) is 124 cm³/mol. The summed E-state index contributed by atoms with van der Waals surface area (Å²) in [5.74, 6) is -2.43. The van der Waals surface area contributed by atoms with E-state index in [2.05, 4.69) is 9.88 Å². The highest BCUT2D eigenvalue weighted by Gasteiger charge is 2.33. The summed E-state index contributed by atoms with van der Waals surface area (Å²) in [7, 11) is 0. The number of Topliss-reactive ketones (excluding diaryl/α,β-unsaturated/α-hetero) is 1. The maximum absolute atomic E-state index is 13.5. The van der Waals surface area contributed by atoms with E-state index in [-0.39, 0.29) is 40.0 Å². The molecule has 1 aliphatic heterocycles. The normalized spacial score (nSPS) is 19.1. The van der Waals surface area contributed by atoms with Gasteiger partial charge in [-0.15, -0.1) is 0 Å². The number of piperazine rings is 1. The number of hydrogen-bond donors (Lipinski definition) is 2. The van der Waals surface area contributed by atoms with Crippen LogP contribution in [0.25, 0.3) is 10.9 Å². The Balaban J connectivity index is 1.57. The Labute approximate surface area is 195 Å². The van der Waals surface area contributed by atoms with Crippen LogP contribution >= 0.6 is 11.6 Å². The topological polar surface area (TPSA) is 99.5 Å². The summed E-state index contributed by atoms with van der Waals surface area (Å²) < 4.78 is 13.2. The van der Waals surface area contributed by atoms with Gasteiger partial charge in [-0.2, -0.15) is 0 Å². The smallest absolute Gasteiger partial charge is 0.289 e. The molecular formula is C24H24ClFN4O3. The van der Waals surface area contributed by atoms with Crippen LogP contribution in [0.3, 0.4) is 0 Å². The van der Waals surface area contributed by atoms with Crippen molar-refractivity contribution >= 4 is 40.1 Å². The average molecular weight is 471 g/mol. The Bertz CT molecular complexity index is 1240. The third-order valence-corrected chi connectivity index (χ3v) is 6.46. The standard InChI is InChI=1S/C24H24ClFN4O3/c1-13-11-30(14(2)10-29(13)12-15-3-5-16(26)6-4-15)24(33)18-7-17-19(22(31)23(27)32)9-28-21(17)8-20(18)25/h3-9,13-14,28H,10-12H2,1-2H3,(H2,27,32)/t13-,14+/m0/s1. The molecule has 2 atom stereocenters. The number of nitrogens with one attached hydrogen (secondary N) is 1. The Kier molecular flexibility index (Phi) is 6.23. The number of aromatic nitrogens is 1. The molecule has 0 spiro atoms. The number of aromatic amines is 1. The lowest BCUT2D eigenvalue weighted by Crippen LogP contribution is -2.57. The lowest BCUT2D eigenvalue weighted by molar-refractivity contribution is -0.114. The van der Waals surface area contributed by atoms with Crippen LogP contribution in [-0.2, 0) is 11.3 Å². The molecule has 0 saturated carbocycles. The number of carbonyl (C=O) groups is 3. The Morgan fingerprint density at radius 2 is 1.79 bits per heavy atom. The first-order valence-electron chi connectivity index (χ1n) is 10.6. The zero-order valence-electron chi connectivity index (χ0n) is 18.3. The summed E-state index contributed by atoms with van der Waals surface area (Å²) in [6, 6.07) is 9.49. The van der Waals surface area contributed by atoms with Crippen molar-refractivity contribution in [2.75, 3.05) is 13.1 Å². The predicted octanol–water partition coefficient (Wildman–Crippen LogP) is 3.36. The van der Waals surface area contributed by atoms with Gasteiger partial charge in [-0.25, -0.2) is 4.39 Å². The molecule has 1 fully saturated rings. The number of H-pyrrole nitrogens is 1. The third kappa shape index (κ3) is 4.49. The van der Waals surface area contributed by atoms with Crippen molar-refractivity contribution in [1.82, 2.24) is 14.8 Å². The molecule has 2 heterocycles. The van der Waals surface area contributed by atoms with E-state index in [0.717, 1.165) is 5.56 Å². The number of rotatable bonds is 5. The lowest BCUT2D eigenvalue weighted by atomic mass is 10.0. The summed E-state index contributed by atoms with van der Waals surface area (Å²) in [5.41, 5.74) is 7.04. The third-order valence-electron chi connectivity index (χ3n) is 6.14. The molecule has 4 rings (SSSR count). The molecule has 172 valence electrons. The van der Waals surface area contributed by atoms with E-state index >= 15 is 0 Å². The number of benzene rings is 2. The fraction of sp³-hybridized carbons (Fsp3) is 0.292. The highest BCUT2D eigenvalue weighted by atomic mass is 35.5. The largest absolute Gasteiger partial charge is 0.363 e. The van der Waals surface area contributed by atoms with E-state index < -0.39 is 11.7 Å². The summed E-state index contributed by atoms with van der Waals surface area (Å²) in [5, 5.41) is 0.670. The molecule has 7 nitrogen and oxygen atoms in total. The number of nitrogens with zero attached hydrogens (tertiary/aromatic N) is 2. The highest BCUT2D eigenvalue weighted by Crippen LogP contribution is 2.29. The number of amides is 2. The summed E-state index contributed by atoms with van der Waals surface area (Å²) in [4.78, 5) is 43.9. The van der Waals surface area contributed by atoms with E-state index in [9.17, 15) is 18.8 Å². The van der Waals surface area contributed by atoms with Gasteiger partial charge in [0.2, 0.25) is 0 Å². The molecule has 3 aromatic rings. The van der Waals surface area contributed by atoms with Crippen molar-refractivity contribution in [3.8, 4) is 0 Å². The molecule has 0 unspecified atom stereocenters. The highest BCUT2D eigenvalue weighted by molar-refractivity contribution is 6.44. The van der Waals surface area contributed by atoms with E-state index in [1.807, 2.05) is 13.8 Å². The van der Waals surface area contributed by atoms with Gasteiger partial charge in [-0.1, -0.05) is 23.7 Å². The van der Waals surface area contributed by atoms with Gasteiger partial charge in [-0.05, 0) is 43.7 Å². The maximum atomic E-state index is 13.5. The molecule has 2 amide bonds. The van der Waals surface area contributed by atoms with Crippen LogP contribution in [0.15, 0.2) is 42.6 Å². The second kappa shape index (κ2) is 8.96. The van der Waals surface area contributed by atoms with Crippen molar-refractivity contribution in [1.29, 1.82) is 0 Å². The monoisotopic (exact) mass is 470 g/mol. The molecule has 3 N–H and O–H groups in total. The Hall–Kier alpha value is -3.23. The number of fused-ring (bicyclic) bond motifs is 1. The van der Waals surface area contributed by atoms with Gasteiger partial charge in [0.25, 0.3) is 17.6 Å². The first-order chi connectivity index (χ1) is 15.7.